The highest BCUT2D eigenvalue weighted by atomic mass is 35.5. The van der Waals surface area contributed by atoms with Crippen LogP contribution in [0.1, 0.15) is 35.7 Å². The monoisotopic (exact) mass is 590 g/mol. The van der Waals surface area contributed by atoms with Crippen molar-refractivity contribution in [3.05, 3.63) is 83.5 Å². The number of carbonyl (C=O) groups is 2. The second-order valence-electron chi connectivity index (χ2n) is 9.02. The van der Waals surface area contributed by atoms with Crippen LogP contribution in [0.25, 0.3) is 10.9 Å². The highest BCUT2D eigenvalue weighted by Gasteiger charge is 2.31. The molecule has 0 saturated carbocycles. The summed E-state index contributed by atoms with van der Waals surface area (Å²) in [5, 5.41) is 13.0. The topological polar surface area (TPSA) is 99.0 Å². The minimum Gasteiger partial charge on any atom is -0.497 e. The van der Waals surface area contributed by atoms with E-state index in [1.54, 1.807) is 48.5 Å². The summed E-state index contributed by atoms with van der Waals surface area (Å²) in [6.45, 7) is 0.275. The van der Waals surface area contributed by atoms with Crippen molar-refractivity contribution < 1.29 is 42.1 Å². The molecule has 0 saturated heterocycles. The van der Waals surface area contributed by atoms with Gasteiger partial charge in [0.1, 0.15) is 23.3 Å². The van der Waals surface area contributed by atoms with E-state index in [1.165, 1.54) is 30.0 Å². The molecule has 12 heteroatoms. The third-order valence-corrected chi connectivity index (χ3v) is 6.32. The van der Waals surface area contributed by atoms with E-state index < -0.39 is 30.0 Å². The lowest BCUT2D eigenvalue weighted by atomic mass is 10.1. The Hall–Kier alpha value is -4.38. The fraction of sp³-hybridized carbons (Fsp3) is 0.241. The number of methoxy groups -OCH3 is 1. The molecule has 1 aromatic heterocycles. The van der Waals surface area contributed by atoms with Gasteiger partial charge in [0.05, 0.1) is 19.2 Å². The van der Waals surface area contributed by atoms with Crippen LogP contribution in [0, 0.1) is 0 Å². The van der Waals surface area contributed by atoms with Crippen LogP contribution in [0.5, 0.6) is 17.2 Å². The van der Waals surface area contributed by atoms with Gasteiger partial charge in [-0.15, -0.1) is 13.2 Å². The molecule has 1 heterocycles. The average Bonchev–Trinajstić information content (AvgIpc) is 3.34. The van der Waals surface area contributed by atoms with Crippen molar-refractivity contribution in [2.24, 2.45) is 0 Å². The average molecular weight is 591 g/mol. The summed E-state index contributed by atoms with van der Waals surface area (Å²) in [6.07, 6.45) is -2.38. The number of aromatic nitrogens is 1. The van der Waals surface area contributed by atoms with Gasteiger partial charge in [0.25, 0.3) is 5.91 Å². The fourth-order valence-corrected chi connectivity index (χ4v) is 4.30. The number of carboxylic acid groups (broad SMARTS) is 1. The molecule has 1 unspecified atom stereocenters. The van der Waals surface area contributed by atoms with Gasteiger partial charge in [0.2, 0.25) is 0 Å². The van der Waals surface area contributed by atoms with Crippen molar-refractivity contribution in [2.45, 2.75) is 31.7 Å². The number of nitrogens with zero attached hydrogens (tertiary/aromatic N) is 1. The van der Waals surface area contributed by atoms with E-state index in [-0.39, 0.29) is 18.5 Å². The van der Waals surface area contributed by atoms with Crippen LogP contribution in [0.15, 0.2) is 72.9 Å². The second kappa shape index (κ2) is 12.9. The Bertz CT molecular complexity index is 1520. The Morgan fingerprint density at radius 2 is 1.71 bits per heavy atom. The number of benzene rings is 3. The summed E-state index contributed by atoms with van der Waals surface area (Å²) in [5.41, 5.74) is 1.24. The number of rotatable bonds is 12. The van der Waals surface area contributed by atoms with E-state index in [0.29, 0.717) is 46.0 Å². The number of anilines is 1. The summed E-state index contributed by atoms with van der Waals surface area (Å²) in [4.78, 5) is 24.7. The van der Waals surface area contributed by atoms with Crippen molar-refractivity contribution in [1.82, 2.24) is 4.57 Å². The highest BCUT2D eigenvalue weighted by molar-refractivity contribution is 6.30. The Labute approximate surface area is 238 Å². The van der Waals surface area contributed by atoms with E-state index >= 15 is 0 Å². The molecule has 0 radical (unpaired) electrons. The number of halogens is 4. The number of ether oxygens (including phenoxy) is 3. The maximum atomic E-state index is 13.9. The number of hydrogen-bond donors (Lipinski definition) is 2. The minimum atomic E-state index is -4.88. The fourth-order valence-electron chi connectivity index (χ4n) is 4.17. The number of nitrogens with one attached hydrogen (secondary N) is 1. The zero-order valence-corrected chi connectivity index (χ0v) is 22.5. The van der Waals surface area contributed by atoms with E-state index in [2.05, 4.69) is 10.1 Å². The zero-order chi connectivity index (χ0) is 29.6. The van der Waals surface area contributed by atoms with Gasteiger partial charge in [-0.05, 0) is 48.7 Å². The number of carbonyl (C=O) groups excluding carboxylic acids is 1. The summed E-state index contributed by atoms with van der Waals surface area (Å²) < 4.78 is 55.0. The zero-order valence-electron chi connectivity index (χ0n) is 21.8. The van der Waals surface area contributed by atoms with Crippen molar-refractivity contribution >= 4 is 40.1 Å². The summed E-state index contributed by atoms with van der Waals surface area (Å²) in [5.74, 6) is -0.935. The van der Waals surface area contributed by atoms with Crippen LogP contribution in [-0.2, 0) is 4.79 Å². The first-order chi connectivity index (χ1) is 19.5. The van der Waals surface area contributed by atoms with Crippen LogP contribution in [0.4, 0.5) is 18.9 Å². The summed E-state index contributed by atoms with van der Waals surface area (Å²) in [7, 11) is 1.48. The predicted octanol–water partition coefficient (Wildman–Crippen LogP) is 7.33. The lowest BCUT2D eigenvalue weighted by molar-refractivity contribution is -0.274. The van der Waals surface area contributed by atoms with Gasteiger partial charge in [0.15, 0.2) is 0 Å². The minimum absolute atomic E-state index is 0.0387. The molecule has 0 aliphatic carbocycles. The third kappa shape index (κ3) is 8.07. The largest absolute Gasteiger partial charge is 0.573 e. The van der Waals surface area contributed by atoms with E-state index in [1.807, 2.05) is 0 Å². The van der Waals surface area contributed by atoms with Gasteiger partial charge in [-0.25, -0.2) is 0 Å². The molecular formula is C29H26ClF3N2O6. The molecular weight excluding hydrogens is 565 g/mol. The smallest absolute Gasteiger partial charge is 0.497 e. The predicted molar refractivity (Wildman–Crippen MR) is 147 cm³/mol. The van der Waals surface area contributed by atoms with Gasteiger partial charge >= 0.3 is 12.3 Å². The van der Waals surface area contributed by atoms with Crippen molar-refractivity contribution in [3.8, 4) is 17.2 Å². The SMILES string of the molecule is COc1cc(NC(C(=O)n2ccc3ccc(OC(F)(F)F)cc32)c2ccc(Cl)cc2)cc(OCCCCC(=O)O)c1. The van der Waals surface area contributed by atoms with E-state index in [4.69, 9.17) is 26.2 Å². The van der Waals surface area contributed by atoms with Crippen LogP contribution < -0.4 is 19.5 Å². The quantitative estimate of drug-likeness (QED) is 0.167. The first-order valence-electron chi connectivity index (χ1n) is 12.5. The normalized spacial score (nSPS) is 12.1. The van der Waals surface area contributed by atoms with Gasteiger partial charge in [-0.3, -0.25) is 14.2 Å². The lowest BCUT2D eigenvalue weighted by Gasteiger charge is -2.21. The highest BCUT2D eigenvalue weighted by Crippen LogP contribution is 2.32. The second-order valence-corrected chi connectivity index (χ2v) is 9.45. The number of fused-ring (bicyclic) bond motifs is 1. The van der Waals surface area contributed by atoms with Crippen molar-refractivity contribution in [2.75, 3.05) is 19.0 Å². The van der Waals surface area contributed by atoms with Crippen molar-refractivity contribution in [3.63, 3.8) is 0 Å². The number of hydrogen-bond acceptors (Lipinski definition) is 6. The maximum absolute atomic E-state index is 13.9. The van der Waals surface area contributed by atoms with E-state index in [0.717, 1.165) is 6.07 Å². The van der Waals surface area contributed by atoms with Gasteiger partial charge in [0, 0.05) is 53.0 Å². The summed E-state index contributed by atoms with van der Waals surface area (Å²) in [6, 6.07) is 16.0. The number of carboxylic acids is 1. The summed E-state index contributed by atoms with van der Waals surface area (Å²) >= 11 is 6.07. The molecule has 0 amide bonds. The van der Waals surface area contributed by atoms with Gasteiger partial charge < -0.3 is 24.6 Å². The van der Waals surface area contributed by atoms with Crippen LogP contribution in [0.3, 0.4) is 0 Å². The van der Waals surface area contributed by atoms with Crippen LogP contribution in [-0.4, -0.2) is 41.6 Å². The van der Waals surface area contributed by atoms with Crippen molar-refractivity contribution in [1.29, 1.82) is 0 Å². The van der Waals surface area contributed by atoms with E-state index in [9.17, 15) is 22.8 Å². The molecule has 0 spiro atoms. The van der Waals surface area contributed by atoms with Crippen LogP contribution >= 0.6 is 11.6 Å². The standard InChI is InChI=1S/C29H26ClF3N2O6/c1-39-23-14-21(15-24(16-23)40-13-3-2-4-26(36)37)34-27(19-5-8-20(30)9-6-19)28(38)35-12-11-18-7-10-22(17-25(18)35)41-29(31,32)33/h5-12,14-17,27,34H,2-4,13H2,1H3,(H,36,37). The molecule has 216 valence electrons. The molecule has 4 rings (SSSR count). The molecule has 0 fully saturated rings. The lowest BCUT2D eigenvalue weighted by Crippen LogP contribution is -2.26. The molecule has 0 aliphatic rings. The molecule has 0 bridgehead atoms. The van der Waals surface area contributed by atoms with Crippen LogP contribution in [0.2, 0.25) is 5.02 Å². The maximum Gasteiger partial charge on any atom is 0.573 e. The Balaban J connectivity index is 1.65. The number of unbranched alkanes of at least 4 members (excludes halogenated alkanes) is 1. The molecule has 4 aromatic rings. The Morgan fingerprint density at radius 3 is 2.39 bits per heavy atom. The molecule has 1 atom stereocenters. The third-order valence-electron chi connectivity index (χ3n) is 6.07. The Morgan fingerprint density at radius 1 is 0.976 bits per heavy atom. The molecule has 8 nitrogen and oxygen atoms in total. The first kappa shape index (κ1) is 29.6. The number of alkyl halides is 3. The molecule has 2 N–H and O–H groups in total. The Kier molecular flexibility index (Phi) is 9.28. The van der Waals surface area contributed by atoms with Gasteiger partial charge in [-0.2, -0.15) is 0 Å². The number of aliphatic carboxylic acids is 1. The first-order valence-corrected chi connectivity index (χ1v) is 12.9. The molecule has 3 aromatic carbocycles. The van der Waals surface area contributed by atoms with Gasteiger partial charge in [-0.1, -0.05) is 23.7 Å². The molecule has 41 heavy (non-hydrogen) atoms. The molecule has 0 aliphatic heterocycles.